The zero-order chi connectivity index (χ0) is 13.0. The van der Waals surface area contributed by atoms with Crippen LogP contribution in [-0.4, -0.2) is 5.91 Å². The van der Waals surface area contributed by atoms with Crippen LogP contribution in [-0.2, 0) is 11.3 Å². The van der Waals surface area contributed by atoms with E-state index in [9.17, 15) is 4.79 Å². The molecule has 1 unspecified atom stereocenters. The van der Waals surface area contributed by atoms with Crippen LogP contribution >= 0.6 is 27.3 Å². The minimum atomic E-state index is -0.443. The Morgan fingerprint density at radius 1 is 1.28 bits per heavy atom. The molecule has 0 aliphatic rings. The monoisotopic (exact) mass is 324 g/mol. The van der Waals surface area contributed by atoms with Crippen molar-refractivity contribution in [2.45, 2.75) is 12.6 Å². The maximum atomic E-state index is 11.5. The van der Waals surface area contributed by atoms with E-state index in [0.717, 1.165) is 14.2 Å². The molecule has 0 aliphatic carbocycles. The molecule has 1 aromatic carbocycles. The molecule has 1 atom stereocenters. The van der Waals surface area contributed by atoms with Crippen LogP contribution in [0.1, 0.15) is 16.5 Å². The van der Waals surface area contributed by atoms with E-state index in [1.54, 1.807) is 0 Å². The van der Waals surface area contributed by atoms with Crippen molar-refractivity contribution in [2.75, 3.05) is 0 Å². The number of primary amides is 1. The molecule has 18 heavy (non-hydrogen) atoms. The number of rotatable bonds is 5. The zero-order valence-corrected chi connectivity index (χ0v) is 12.0. The van der Waals surface area contributed by atoms with Gasteiger partial charge in [0.25, 0.3) is 0 Å². The zero-order valence-electron chi connectivity index (χ0n) is 9.60. The molecule has 2 aromatic rings. The molecular formula is C13H13BrN2OS. The van der Waals surface area contributed by atoms with Gasteiger partial charge in [-0.05, 0) is 33.6 Å². The number of nitrogens with two attached hydrogens (primary N) is 1. The summed E-state index contributed by atoms with van der Waals surface area (Å²) >= 11 is 4.90. The van der Waals surface area contributed by atoms with Crippen LogP contribution in [0, 0.1) is 0 Å². The summed E-state index contributed by atoms with van der Waals surface area (Å²) in [5, 5.41) is 3.18. The average molecular weight is 325 g/mol. The molecular weight excluding hydrogens is 312 g/mol. The molecule has 0 bridgehead atoms. The van der Waals surface area contributed by atoms with Gasteiger partial charge in [-0.2, -0.15) is 0 Å². The summed E-state index contributed by atoms with van der Waals surface area (Å²) in [6.45, 7) is 0.615. The third-order valence-electron chi connectivity index (χ3n) is 2.52. The molecule has 2 rings (SSSR count). The number of hydrogen-bond donors (Lipinski definition) is 2. The second-order valence-corrected chi connectivity index (χ2v) is 6.34. The first-order chi connectivity index (χ1) is 8.66. The van der Waals surface area contributed by atoms with Crippen LogP contribution < -0.4 is 11.1 Å². The van der Waals surface area contributed by atoms with Gasteiger partial charge >= 0.3 is 0 Å². The van der Waals surface area contributed by atoms with Crippen LogP contribution in [0.4, 0.5) is 0 Å². The molecule has 3 nitrogen and oxygen atoms in total. The van der Waals surface area contributed by atoms with Crippen molar-refractivity contribution in [3.05, 3.63) is 56.7 Å². The summed E-state index contributed by atoms with van der Waals surface area (Å²) in [7, 11) is 0. The molecule has 5 heteroatoms. The molecule has 0 fully saturated rings. The fourth-order valence-corrected chi connectivity index (χ4v) is 3.15. The molecule has 94 valence electrons. The van der Waals surface area contributed by atoms with Crippen molar-refractivity contribution in [2.24, 2.45) is 5.73 Å². The van der Waals surface area contributed by atoms with Gasteiger partial charge in [0.05, 0.1) is 3.79 Å². The van der Waals surface area contributed by atoms with E-state index in [1.165, 1.54) is 11.3 Å². The maximum Gasteiger partial charge on any atom is 0.240 e. The summed E-state index contributed by atoms with van der Waals surface area (Å²) in [5.41, 5.74) is 6.56. The van der Waals surface area contributed by atoms with Gasteiger partial charge in [-0.25, -0.2) is 0 Å². The summed E-state index contributed by atoms with van der Waals surface area (Å²) in [6, 6.07) is 13.3. The third-order valence-corrected chi connectivity index (χ3v) is 4.20. The van der Waals surface area contributed by atoms with Crippen LogP contribution in [0.5, 0.6) is 0 Å². The summed E-state index contributed by atoms with van der Waals surface area (Å²) in [6.07, 6.45) is 0. The lowest BCUT2D eigenvalue weighted by Gasteiger charge is -2.13. The molecule has 1 aromatic heterocycles. The Morgan fingerprint density at radius 2 is 2.00 bits per heavy atom. The second kappa shape index (κ2) is 6.13. The Kier molecular flexibility index (Phi) is 4.52. The van der Waals surface area contributed by atoms with Crippen molar-refractivity contribution in [1.82, 2.24) is 5.32 Å². The topological polar surface area (TPSA) is 55.1 Å². The maximum absolute atomic E-state index is 11.5. The van der Waals surface area contributed by atoms with Crippen molar-refractivity contribution >= 4 is 33.2 Å². The second-order valence-electron chi connectivity index (χ2n) is 3.84. The molecule has 0 aliphatic heterocycles. The number of carbonyl (C=O) groups is 1. The standard InChI is InChI=1S/C13H13BrN2OS/c14-11-7-6-10(18-11)12(13(15)17)16-8-9-4-2-1-3-5-9/h1-7,12,16H,8H2,(H2,15,17). The van der Waals surface area contributed by atoms with Crippen molar-refractivity contribution in [1.29, 1.82) is 0 Å². The quantitative estimate of drug-likeness (QED) is 0.888. The number of carbonyl (C=O) groups excluding carboxylic acids is 1. The number of thiophene rings is 1. The predicted octanol–water partition coefficient (Wildman–Crippen LogP) is 2.83. The normalized spacial score (nSPS) is 12.3. The van der Waals surface area contributed by atoms with Crippen LogP contribution in [0.15, 0.2) is 46.3 Å². The van der Waals surface area contributed by atoms with Gasteiger partial charge in [-0.15, -0.1) is 11.3 Å². The fourth-order valence-electron chi connectivity index (χ4n) is 1.64. The first kappa shape index (κ1) is 13.3. The van der Waals surface area contributed by atoms with E-state index in [0.29, 0.717) is 6.54 Å². The number of hydrogen-bond acceptors (Lipinski definition) is 3. The Labute approximate surface area is 118 Å². The number of amides is 1. The van der Waals surface area contributed by atoms with Gasteiger partial charge in [-0.3, -0.25) is 10.1 Å². The van der Waals surface area contributed by atoms with Gasteiger partial charge in [0, 0.05) is 11.4 Å². The Balaban J connectivity index is 2.06. The van der Waals surface area contributed by atoms with Crippen LogP contribution in [0.2, 0.25) is 0 Å². The number of nitrogens with one attached hydrogen (secondary N) is 1. The average Bonchev–Trinajstić information content (AvgIpc) is 2.77. The van der Waals surface area contributed by atoms with E-state index < -0.39 is 6.04 Å². The highest BCUT2D eigenvalue weighted by Gasteiger charge is 2.18. The molecule has 1 amide bonds. The van der Waals surface area contributed by atoms with Gasteiger partial charge in [-0.1, -0.05) is 30.3 Å². The van der Waals surface area contributed by atoms with E-state index in [1.807, 2.05) is 42.5 Å². The van der Waals surface area contributed by atoms with Crippen LogP contribution in [0.3, 0.4) is 0 Å². The smallest absolute Gasteiger partial charge is 0.240 e. The Bertz CT molecular complexity index is 527. The summed E-state index contributed by atoms with van der Waals surface area (Å²) in [5.74, 6) is -0.361. The summed E-state index contributed by atoms with van der Waals surface area (Å²) in [4.78, 5) is 12.4. The highest BCUT2D eigenvalue weighted by Crippen LogP contribution is 2.27. The van der Waals surface area contributed by atoms with Crippen molar-refractivity contribution in [3.63, 3.8) is 0 Å². The molecule has 3 N–H and O–H groups in total. The van der Waals surface area contributed by atoms with Gasteiger partial charge in [0.15, 0.2) is 0 Å². The van der Waals surface area contributed by atoms with Crippen LogP contribution in [0.25, 0.3) is 0 Å². The minimum Gasteiger partial charge on any atom is -0.368 e. The molecule has 0 saturated carbocycles. The Hall–Kier alpha value is -1.17. The molecule has 0 radical (unpaired) electrons. The van der Waals surface area contributed by atoms with E-state index in [2.05, 4.69) is 21.2 Å². The fraction of sp³-hybridized carbons (Fsp3) is 0.154. The van der Waals surface area contributed by atoms with E-state index >= 15 is 0 Å². The van der Waals surface area contributed by atoms with Gasteiger partial charge in [0.2, 0.25) is 5.91 Å². The predicted molar refractivity (Wildman–Crippen MR) is 77.2 cm³/mol. The number of halogens is 1. The van der Waals surface area contributed by atoms with Gasteiger partial charge in [0.1, 0.15) is 6.04 Å². The minimum absolute atomic E-state index is 0.361. The highest BCUT2D eigenvalue weighted by atomic mass is 79.9. The number of benzene rings is 1. The summed E-state index contributed by atoms with van der Waals surface area (Å²) < 4.78 is 0.991. The molecule has 0 saturated heterocycles. The third kappa shape index (κ3) is 3.41. The molecule has 0 spiro atoms. The van der Waals surface area contributed by atoms with Gasteiger partial charge < -0.3 is 5.73 Å². The van der Waals surface area contributed by atoms with Crippen molar-refractivity contribution in [3.8, 4) is 0 Å². The highest BCUT2D eigenvalue weighted by molar-refractivity contribution is 9.11. The van der Waals surface area contributed by atoms with Crippen molar-refractivity contribution < 1.29 is 4.79 Å². The lowest BCUT2D eigenvalue weighted by molar-refractivity contribution is -0.120. The SMILES string of the molecule is NC(=O)C(NCc1ccccc1)c1ccc(Br)s1. The first-order valence-electron chi connectivity index (χ1n) is 5.48. The lowest BCUT2D eigenvalue weighted by Crippen LogP contribution is -2.32. The lowest BCUT2D eigenvalue weighted by atomic mass is 10.2. The molecule has 1 heterocycles. The Morgan fingerprint density at radius 3 is 2.56 bits per heavy atom. The largest absolute Gasteiger partial charge is 0.368 e. The van der Waals surface area contributed by atoms with E-state index in [-0.39, 0.29) is 5.91 Å². The van der Waals surface area contributed by atoms with E-state index in [4.69, 9.17) is 5.73 Å². The first-order valence-corrected chi connectivity index (χ1v) is 7.09.